The average molecular weight is 555 g/mol. The van der Waals surface area contributed by atoms with Gasteiger partial charge >= 0.3 is 6.09 Å². The summed E-state index contributed by atoms with van der Waals surface area (Å²) in [6.45, 7) is 14.1. The fourth-order valence-electron chi connectivity index (χ4n) is 5.93. The summed E-state index contributed by atoms with van der Waals surface area (Å²) in [6.07, 6.45) is 4.61. The Morgan fingerprint density at radius 1 is 1.12 bits per heavy atom. The Morgan fingerprint density at radius 2 is 1.80 bits per heavy atom. The molecule has 2 fully saturated rings. The first-order valence-corrected chi connectivity index (χ1v) is 14.8. The number of hydrogen-bond acceptors (Lipinski definition) is 6. The van der Waals surface area contributed by atoms with E-state index in [0.717, 1.165) is 91.3 Å². The maximum absolute atomic E-state index is 12.6. The monoisotopic (exact) mass is 554 g/mol. The summed E-state index contributed by atoms with van der Waals surface area (Å²) in [5.41, 5.74) is 6.82. The number of amides is 1. The fourth-order valence-corrected chi connectivity index (χ4v) is 5.93. The van der Waals surface area contributed by atoms with Crippen molar-refractivity contribution in [1.29, 1.82) is 5.26 Å². The van der Waals surface area contributed by atoms with Gasteiger partial charge in [0.1, 0.15) is 11.4 Å². The van der Waals surface area contributed by atoms with Crippen LogP contribution in [0, 0.1) is 38.0 Å². The van der Waals surface area contributed by atoms with E-state index in [4.69, 9.17) is 9.26 Å². The molecule has 3 aromatic rings. The van der Waals surface area contributed by atoms with Crippen LogP contribution in [0.15, 0.2) is 47.0 Å². The Kier molecular flexibility index (Phi) is 7.87. The number of aryl methyl sites for hydroxylation is 3. The van der Waals surface area contributed by atoms with Crippen molar-refractivity contribution < 1.29 is 14.1 Å². The van der Waals surface area contributed by atoms with Gasteiger partial charge in [0.15, 0.2) is 0 Å². The highest BCUT2D eigenvalue weighted by atomic mass is 16.6. The number of likely N-dealkylation sites (tertiary alicyclic amines) is 1. The molecule has 1 aromatic heterocycles. The van der Waals surface area contributed by atoms with Gasteiger partial charge in [-0.05, 0) is 114 Å². The van der Waals surface area contributed by atoms with E-state index < -0.39 is 5.60 Å². The number of rotatable bonds is 7. The molecule has 0 unspecified atom stereocenters. The lowest BCUT2D eigenvalue weighted by Gasteiger charge is -2.35. The van der Waals surface area contributed by atoms with E-state index in [1.54, 1.807) is 0 Å². The predicted molar refractivity (Wildman–Crippen MR) is 161 cm³/mol. The molecule has 7 heteroatoms. The van der Waals surface area contributed by atoms with Crippen LogP contribution in [0.4, 0.5) is 16.2 Å². The van der Waals surface area contributed by atoms with Crippen molar-refractivity contribution in [3.8, 4) is 17.2 Å². The second kappa shape index (κ2) is 11.2. The van der Waals surface area contributed by atoms with Crippen LogP contribution in [-0.4, -0.2) is 41.4 Å². The first-order valence-electron chi connectivity index (χ1n) is 14.8. The lowest BCUT2D eigenvalue weighted by Crippen LogP contribution is -2.42. The number of carbonyl (C=O) groups excluding carboxylic acids is 1. The minimum atomic E-state index is -0.480. The van der Waals surface area contributed by atoms with Crippen LogP contribution >= 0.6 is 0 Å². The van der Waals surface area contributed by atoms with Gasteiger partial charge in [0.2, 0.25) is 0 Å². The third kappa shape index (κ3) is 6.27. The number of ether oxygens (including phenoxy) is 1. The molecule has 1 amide bonds. The summed E-state index contributed by atoms with van der Waals surface area (Å²) >= 11 is 0. The maximum Gasteiger partial charge on any atom is 0.410 e. The van der Waals surface area contributed by atoms with Crippen molar-refractivity contribution in [3.05, 3.63) is 65.0 Å². The molecule has 2 aromatic carbocycles. The Balaban J connectivity index is 1.38. The quantitative estimate of drug-likeness (QED) is 0.294. The number of benzene rings is 2. The predicted octanol–water partition coefficient (Wildman–Crippen LogP) is 8.00. The van der Waals surface area contributed by atoms with E-state index in [2.05, 4.69) is 65.5 Å². The molecule has 1 saturated carbocycles. The molecule has 41 heavy (non-hydrogen) atoms. The second-order valence-electron chi connectivity index (χ2n) is 12.8. The summed E-state index contributed by atoms with van der Waals surface area (Å²) in [6, 6.07) is 17.7. The molecule has 0 radical (unpaired) electrons. The molecule has 0 bridgehead atoms. The Labute approximate surface area is 244 Å². The van der Waals surface area contributed by atoms with Crippen LogP contribution in [0.1, 0.15) is 75.5 Å². The zero-order chi connectivity index (χ0) is 29.4. The number of carbonyl (C=O) groups is 1. The normalized spacial score (nSPS) is 16.8. The first kappa shape index (κ1) is 28.7. The largest absolute Gasteiger partial charge is 0.444 e. The van der Waals surface area contributed by atoms with Gasteiger partial charge in [-0.3, -0.25) is 0 Å². The molecule has 5 rings (SSSR count). The highest BCUT2D eigenvalue weighted by Crippen LogP contribution is 2.48. The van der Waals surface area contributed by atoms with Crippen LogP contribution < -0.4 is 4.90 Å². The van der Waals surface area contributed by atoms with Gasteiger partial charge < -0.3 is 19.1 Å². The lowest BCUT2D eigenvalue weighted by molar-refractivity contribution is 0.0182. The fraction of sp³-hybridized carbons (Fsp3) is 0.500. The van der Waals surface area contributed by atoms with Crippen LogP contribution in [0.5, 0.6) is 0 Å². The SMILES string of the molecule is Cc1ccc(-c2c(C)noc2C)cc1N(CCC1CCN(C(=O)OC(C)(C)C)CC1)c1ccc(C2(C#N)CC2)cc1. The maximum atomic E-state index is 12.6. The molecular formula is C34H42N4O3. The minimum absolute atomic E-state index is 0.213. The van der Waals surface area contributed by atoms with Crippen molar-refractivity contribution in [2.24, 2.45) is 5.92 Å². The molecule has 7 nitrogen and oxygen atoms in total. The van der Waals surface area contributed by atoms with Crippen molar-refractivity contribution in [3.63, 3.8) is 0 Å². The molecule has 2 aliphatic rings. The van der Waals surface area contributed by atoms with Gasteiger partial charge in [-0.25, -0.2) is 4.79 Å². The van der Waals surface area contributed by atoms with Gasteiger partial charge in [-0.2, -0.15) is 5.26 Å². The standard InChI is InChI=1S/C34H42N4O3/c1-23-7-8-27(31-24(2)36-41-25(31)3)21-30(23)38(29-11-9-28(10-12-29)34(22-35)16-17-34)20-15-26-13-18-37(19-14-26)32(39)40-33(4,5)6/h7-12,21,26H,13-20H2,1-6H3. The Bertz CT molecular complexity index is 1410. The molecule has 0 spiro atoms. The lowest BCUT2D eigenvalue weighted by atomic mass is 9.93. The highest BCUT2D eigenvalue weighted by Gasteiger charge is 2.44. The van der Waals surface area contributed by atoms with E-state index in [1.807, 2.05) is 39.5 Å². The number of hydrogen-bond donors (Lipinski definition) is 0. The van der Waals surface area contributed by atoms with Crippen molar-refractivity contribution in [2.75, 3.05) is 24.5 Å². The molecule has 216 valence electrons. The summed E-state index contributed by atoms with van der Waals surface area (Å²) < 4.78 is 11.1. The zero-order valence-electron chi connectivity index (χ0n) is 25.3. The molecule has 2 heterocycles. The van der Waals surface area contributed by atoms with Crippen molar-refractivity contribution in [2.45, 2.75) is 84.7 Å². The summed E-state index contributed by atoms with van der Waals surface area (Å²) in [4.78, 5) is 16.8. The Morgan fingerprint density at radius 3 is 2.37 bits per heavy atom. The average Bonchev–Trinajstić information content (AvgIpc) is 3.67. The van der Waals surface area contributed by atoms with E-state index in [-0.39, 0.29) is 11.5 Å². The number of anilines is 2. The van der Waals surface area contributed by atoms with Crippen LogP contribution in [0.25, 0.3) is 11.1 Å². The van der Waals surface area contributed by atoms with E-state index >= 15 is 0 Å². The first-order chi connectivity index (χ1) is 19.5. The molecule has 1 aliphatic heterocycles. The molecule has 1 saturated heterocycles. The van der Waals surface area contributed by atoms with Crippen LogP contribution in [-0.2, 0) is 10.2 Å². The number of nitriles is 1. The smallest absolute Gasteiger partial charge is 0.410 e. The molecular weight excluding hydrogens is 512 g/mol. The zero-order valence-corrected chi connectivity index (χ0v) is 25.3. The third-order valence-electron chi connectivity index (χ3n) is 8.54. The van der Waals surface area contributed by atoms with E-state index in [0.29, 0.717) is 5.92 Å². The number of piperidine rings is 1. The summed E-state index contributed by atoms with van der Waals surface area (Å²) in [5, 5.41) is 13.9. The van der Waals surface area contributed by atoms with Gasteiger partial charge in [0, 0.05) is 36.6 Å². The second-order valence-corrected chi connectivity index (χ2v) is 12.8. The topological polar surface area (TPSA) is 82.6 Å². The van der Waals surface area contributed by atoms with E-state index in [9.17, 15) is 10.1 Å². The van der Waals surface area contributed by atoms with Gasteiger partial charge in [-0.1, -0.05) is 29.4 Å². The minimum Gasteiger partial charge on any atom is -0.444 e. The van der Waals surface area contributed by atoms with Crippen molar-refractivity contribution >= 4 is 17.5 Å². The van der Waals surface area contributed by atoms with E-state index in [1.165, 1.54) is 5.56 Å². The third-order valence-corrected chi connectivity index (χ3v) is 8.54. The number of aromatic nitrogens is 1. The molecule has 0 N–H and O–H groups in total. The van der Waals surface area contributed by atoms with Crippen molar-refractivity contribution in [1.82, 2.24) is 10.1 Å². The summed E-state index contributed by atoms with van der Waals surface area (Å²) in [7, 11) is 0. The van der Waals surface area contributed by atoms with Gasteiger partial charge in [-0.15, -0.1) is 0 Å². The Hall–Kier alpha value is -3.79. The van der Waals surface area contributed by atoms with Crippen LogP contribution in [0.3, 0.4) is 0 Å². The van der Waals surface area contributed by atoms with Gasteiger partial charge in [0.05, 0.1) is 17.2 Å². The van der Waals surface area contributed by atoms with Crippen LogP contribution in [0.2, 0.25) is 0 Å². The molecule has 0 atom stereocenters. The summed E-state index contributed by atoms with van der Waals surface area (Å²) in [5.74, 6) is 1.34. The highest BCUT2D eigenvalue weighted by molar-refractivity contribution is 5.76. The number of nitrogens with zero attached hydrogens (tertiary/aromatic N) is 4. The molecule has 1 aliphatic carbocycles. The van der Waals surface area contributed by atoms with Gasteiger partial charge in [0.25, 0.3) is 0 Å².